The number of rotatable bonds is 14. The lowest BCUT2D eigenvalue weighted by Gasteiger charge is -2.37. The number of nitrogens with zero attached hydrogens (tertiary/aromatic N) is 4. The number of aliphatic hydroxyl groups excluding tert-OH is 1. The lowest BCUT2D eigenvalue weighted by atomic mass is 9.91. The molecule has 4 aromatic carbocycles. The first kappa shape index (κ1) is 36.5. The molecule has 0 spiro atoms. The number of hydrogen-bond donors (Lipinski definition) is 2. The highest BCUT2D eigenvalue weighted by atomic mass is 16.3. The van der Waals surface area contributed by atoms with Crippen molar-refractivity contribution in [2.75, 3.05) is 25.0 Å². The summed E-state index contributed by atoms with van der Waals surface area (Å²) >= 11 is 0. The van der Waals surface area contributed by atoms with Crippen molar-refractivity contribution in [1.82, 2.24) is 19.6 Å². The lowest BCUT2D eigenvalue weighted by Crippen LogP contribution is -2.45. The quantitative estimate of drug-likeness (QED) is 0.125. The van der Waals surface area contributed by atoms with Crippen molar-refractivity contribution in [3.8, 4) is 5.69 Å². The second kappa shape index (κ2) is 16.8. The molecular weight excluding hydrogens is 651 g/mol. The first-order valence-electron chi connectivity index (χ1n) is 18.6. The highest BCUT2D eigenvalue weighted by Crippen LogP contribution is 2.30. The van der Waals surface area contributed by atoms with Gasteiger partial charge in [0.2, 0.25) is 5.91 Å². The van der Waals surface area contributed by atoms with Crippen LogP contribution in [-0.4, -0.2) is 68.1 Å². The van der Waals surface area contributed by atoms with Gasteiger partial charge in [-0.15, -0.1) is 0 Å². The minimum atomic E-state index is -0.233. The van der Waals surface area contributed by atoms with Gasteiger partial charge in [0.15, 0.2) is 5.69 Å². The maximum absolute atomic E-state index is 14.8. The van der Waals surface area contributed by atoms with E-state index in [0.29, 0.717) is 60.8 Å². The molecular formula is C43H49N5O4. The van der Waals surface area contributed by atoms with E-state index in [1.54, 1.807) is 28.9 Å². The van der Waals surface area contributed by atoms with Crippen LogP contribution in [0.5, 0.6) is 0 Å². The number of carbonyl (C=O) groups excluding carboxylic acids is 3. The van der Waals surface area contributed by atoms with E-state index in [1.807, 2.05) is 77.4 Å². The molecule has 6 rings (SSSR count). The number of hydrogen-bond acceptors (Lipinski definition) is 5. The van der Waals surface area contributed by atoms with Crippen LogP contribution in [0.25, 0.3) is 16.5 Å². The Kier molecular flexibility index (Phi) is 11.8. The third-order valence-corrected chi connectivity index (χ3v) is 10.0. The van der Waals surface area contributed by atoms with Gasteiger partial charge in [-0.3, -0.25) is 14.4 Å². The van der Waals surface area contributed by atoms with Crippen LogP contribution in [0.3, 0.4) is 0 Å². The Hall–Kier alpha value is -5.28. The van der Waals surface area contributed by atoms with E-state index in [-0.39, 0.29) is 36.8 Å². The monoisotopic (exact) mass is 699 g/mol. The van der Waals surface area contributed by atoms with Crippen LogP contribution in [0.2, 0.25) is 0 Å². The van der Waals surface area contributed by atoms with E-state index in [0.717, 1.165) is 47.6 Å². The molecule has 52 heavy (non-hydrogen) atoms. The molecule has 0 bridgehead atoms. The molecule has 2 N–H and O–H groups in total. The number of aryl methyl sites for hydroxylation is 1. The van der Waals surface area contributed by atoms with E-state index in [1.165, 1.54) is 5.56 Å². The molecule has 1 aromatic heterocycles. The average Bonchev–Trinajstić information content (AvgIpc) is 3.55. The van der Waals surface area contributed by atoms with E-state index in [2.05, 4.69) is 25.2 Å². The zero-order chi connectivity index (χ0) is 36.6. The van der Waals surface area contributed by atoms with Crippen molar-refractivity contribution >= 4 is 34.2 Å². The number of benzene rings is 4. The Labute approximate surface area is 306 Å². The second-order valence-corrected chi connectivity index (χ2v) is 13.7. The Morgan fingerprint density at radius 2 is 1.60 bits per heavy atom. The number of aromatic nitrogens is 2. The van der Waals surface area contributed by atoms with Crippen molar-refractivity contribution in [3.63, 3.8) is 0 Å². The van der Waals surface area contributed by atoms with Crippen LogP contribution in [0.15, 0.2) is 91.0 Å². The minimum Gasteiger partial charge on any atom is -0.396 e. The molecule has 1 aliphatic rings. The lowest BCUT2D eigenvalue weighted by molar-refractivity contribution is -0.115. The number of nitrogens with one attached hydrogen (secondary N) is 1. The summed E-state index contributed by atoms with van der Waals surface area (Å²) in [7, 11) is 0. The van der Waals surface area contributed by atoms with Gasteiger partial charge < -0.3 is 20.2 Å². The maximum Gasteiger partial charge on any atom is 0.274 e. The standard InChI is InChI=1S/C43H49N5O4/c1-4-6-22-46(23-7-5-2)43(52)39-25-30(3)48(45-39)40-20-19-35(44-41(50)27-33-17-12-16-31-13-10-11-18-37(31)33)28-38(40)42(51)47-29-34-15-9-8-14-32(34)26-36(47)21-24-49/h8-20,25,28,36,49H,4-7,21-24,26-27,29H2,1-3H3,(H,44,50)/t36-/m1/s1. The third-order valence-electron chi connectivity index (χ3n) is 10.0. The normalized spacial score (nSPS) is 13.9. The molecule has 0 fully saturated rings. The van der Waals surface area contributed by atoms with Crippen LogP contribution in [0, 0.1) is 6.92 Å². The van der Waals surface area contributed by atoms with E-state index in [9.17, 15) is 19.5 Å². The summed E-state index contributed by atoms with van der Waals surface area (Å²) in [6.07, 6.45) is 5.02. The van der Waals surface area contributed by atoms with Crippen LogP contribution in [0.1, 0.15) is 89.2 Å². The summed E-state index contributed by atoms with van der Waals surface area (Å²) in [4.78, 5) is 45.7. The zero-order valence-electron chi connectivity index (χ0n) is 30.5. The smallest absolute Gasteiger partial charge is 0.274 e. The van der Waals surface area contributed by atoms with Gasteiger partial charge in [0.1, 0.15) is 0 Å². The van der Waals surface area contributed by atoms with Gasteiger partial charge in [-0.25, -0.2) is 4.68 Å². The predicted octanol–water partition coefficient (Wildman–Crippen LogP) is 7.51. The summed E-state index contributed by atoms with van der Waals surface area (Å²) in [5.41, 5.74) is 5.55. The van der Waals surface area contributed by atoms with Crippen molar-refractivity contribution in [2.45, 2.75) is 78.3 Å². The van der Waals surface area contributed by atoms with Crippen LogP contribution >= 0.6 is 0 Å². The molecule has 1 atom stereocenters. The van der Waals surface area contributed by atoms with E-state index >= 15 is 0 Å². The highest BCUT2D eigenvalue weighted by molar-refractivity contribution is 6.01. The van der Waals surface area contributed by atoms with Crippen molar-refractivity contribution in [1.29, 1.82) is 0 Å². The van der Waals surface area contributed by atoms with E-state index < -0.39 is 0 Å². The number of fused-ring (bicyclic) bond motifs is 2. The van der Waals surface area contributed by atoms with Crippen LogP contribution < -0.4 is 5.32 Å². The van der Waals surface area contributed by atoms with Gasteiger partial charge >= 0.3 is 0 Å². The first-order valence-corrected chi connectivity index (χ1v) is 18.6. The summed E-state index contributed by atoms with van der Waals surface area (Å²) in [5.74, 6) is -0.553. The Morgan fingerprint density at radius 3 is 2.35 bits per heavy atom. The predicted molar refractivity (Wildman–Crippen MR) is 206 cm³/mol. The summed E-state index contributed by atoms with van der Waals surface area (Å²) < 4.78 is 1.67. The van der Waals surface area contributed by atoms with Gasteiger partial charge in [-0.2, -0.15) is 5.10 Å². The fraction of sp³-hybridized carbons (Fsp3) is 0.349. The molecule has 0 unspecified atom stereocenters. The molecule has 1 aliphatic heterocycles. The number of aliphatic hydroxyl groups is 1. The number of unbranched alkanes of at least 4 members (excludes halogenated alkanes) is 2. The van der Waals surface area contributed by atoms with Crippen molar-refractivity contribution in [2.24, 2.45) is 0 Å². The summed E-state index contributed by atoms with van der Waals surface area (Å²) in [5, 5.41) is 19.9. The van der Waals surface area contributed by atoms with Gasteiger partial charge in [-0.1, -0.05) is 93.4 Å². The zero-order valence-corrected chi connectivity index (χ0v) is 30.5. The van der Waals surface area contributed by atoms with E-state index in [4.69, 9.17) is 5.10 Å². The SMILES string of the molecule is CCCCN(CCCC)C(=O)c1cc(C)n(-c2ccc(NC(=O)Cc3cccc4ccccc34)cc2C(=O)N2Cc3ccccc3C[C@H]2CCO)n1. The Bertz CT molecular complexity index is 2040. The maximum atomic E-state index is 14.8. The van der Waals surface area contributed by atoms with Crippen LogP contribution in [-0.2, 0) is 24.2 Å². The van der Waals surface area contributed by atoms with Gasteiger partial charge in [0.05, 0.1) is 17.7 Å². The summed E-state index contributed by atoms with van der Waals surface area (Å²) in [6.45, 7) is 7.78. The summed E-state index contributed by atoms with van der Waals surface area (Å²) in [6, 6.07) is 28.9. The highest BCUT2D eigenvalue weighted by Gasteiger charge is 2.32. The van der Waals surface area contributed by atoms with Gasteiger partial charge in [-0.05, 0) is 84.3 Å². The molecule has 2 heterocycles. The molecule has 9 nitrogen and oxygen atoms in total. The Balaban J connectivity index is 1.36. The molecule has 0 saturated heterocycles. The minimum absolute atomic E-state index is 0.0516. The second-order valence-electron chi connectivity index (χ2n) is 13.7. The van der Waals surface area contributed by atoms with Gasteiger partial charge in [0, 0.05) is 43.7 Å². The largest absolute Gasteiger partial charge is 0.396 e. The number of anilines is 1. The van der Waals surface area contributed by atoms with Crippen LogP contribution in [0.4, 0.5) is 5.69 Å². The number of carbonyl (C=O) groups is 3. The average molecular weight is 700 g/mol. The number of amides is 3. The molecule has 0 saturated carbocycles. The molecule has 0 aliphatic carbocycles. The molecule has 5 aromatic rings. The third kappa shape index (κ3) is 8.10. The fourth-order valence-electron chi connectivity index (χ4n) is 7.18. The Morgan fingerprint density at radius 1 is 0.885 bits per heavy atom. The molecule has 9 heteroatoms. The molecule has 270 valence electrons. The first-order chi connectivity index (χ1) is 25.3. The van der Waals surface area contributed by atoms with Crippen molar-refractivity contribution in [3.05, 3.63) is 125 Å². The van der Waals surface area contributed by atoms with Crippen molar-refractivity contribution < 1.29 is 19.5 Å². The fourth-order valence-corrected chi connectivity index (χ4v) is 7.18. The van der Waals surface area contributed by atoms with Gasteiger partial charge in [0.25, 0.3) is 11.8 Å². The molecule has 0 radical (unpaired) electrons. The topological polar surface area (TPSA) is 108 Å². The molecule has 3 amide bonds.